The Labute approximate surface area is 152 Å². The van der Waals surface area contributed by atoms with Crippen molar-refractivity contribution in [2.75, 3.05) is 19.6 Å². The number of carbonyl (C=O) groups is 1. The Morgan fingerprint density at radius 1 is 1.33 bits per heavy atom. The number of nitrogens with zero attached hydrogens (tertiary/aromatic N) is 4. The minimum absolute atomic E-state index is 0.0605. The summed E-state index contributed by atoms with van der Waals surface area (Å²) in [6, 6.07) is 1.21. The predicted molar refractivity (Wildman–Crippen MR) is 92.4 cm³/mol. The Kier molecular flexibility index (Phi) is 4.20. The molecule has 0 bridgehead atoms. The summed E-state index contributed by atoms with van der Waals surface area (Å²) in [6.45, 7) is 1.42. The normalized spacial score (nSPS) is 20.7. The molecule has 10 heteroatoms. The Hall–Kier alpha value is -2.78. The first-order chi connectivity index (χ1) is 12.9. The van der Waals surface area contributed by atoms with Gasteiger partial charge in [-0.05, 0) is 12.0 Å². The smallest absolute Gasteiger partial charge is 0.345 e. The number of aromatic amines is 1. The van der Waals surface area contributed by atoms with Crippen molar-refractivity contribution in [2.45, 2.75) is 25.4 Å². The van der Waals surface area contributed by atoms with Crippen LogP contribution in [0.5, 0.6) is 0 Å². The number of H-pyrrole nitrogens is 1. The molecule has 1 fully saturated rings. The molecule has 0 radical (unpaired) electrons. The fraction of sp³-hybridized carbons (Fsp3) is 0.471. The zero-order valence-corrected chi connectivity index (χ0v) is 14.6. The molecule has 0 spiro atoms. The summed E-state index contributed by atoms with van der Waals surface area (Å²) in [5.41, 5.74) is 2.45. The number of alkyl halides is 3. The number of hydrogen-bond acceptors (Lipinski definition) is 3. The zero-order chi connectivity index (χ0) is 19.2. The van der Waals surface area contributed by atoms with Crippen molar-refractivity contribution < 1.29 is 18.0 Å². The lowest BCUT2D eigenvalue weighted by molar-refractivity contribution is -0.123. The van der Waals surface area contributed by atoms with Gasteiger partial charge in [0, 0.05) is 25.2 Å². The molecule has 144 valence electrons. The topological polar surface area (TPSA) is 78.3 Å². The molecular weight excluding hydrogens is 361 g/mol. The number of aromatic nitrogens is 4. The van der Waals surface area contributed by atoms with Crippen molar-refractivity contribution in [3.8, 4) is 0 Å². The molecule has 0 unspecified atom stereocenters. The standard InChI is InChI=1S/C17H19F3N6O/c1-2-10-7-25(16(27)24-9-17(18,19)20)8-12(10)15-23-6-11-5-22-14-13(26(11)15)3-4-21-14/h3-6,10,12,21H,2,7-9H2,1H3,(H,24,27)/t10-,12-/m0/s1. The van der Waals surface area contributed by atoms with E-state index in [1.54, 1.807) is 18.6 Å². The van der Waals surface area contributed by atoms with E-state index < -0.39 is 18.8 Å². The van der Waals surface area contributed by atoms with Gasteiger partial charge in [0.1, 0.15) is 12.4 Å². The first kappa shape index (κ1) is 17.6. The van der Waals surface area contributed by atoms with Crippen LogP contribution in [-0.2, 0) is 0 Å². The van der Waals surface area contributed by atoms with E-state index in [-0.39, 0.29) is 11.8 Å². The van der Waals surface area contributed by atoms with Crippen LogP contribution in [0.3, 0.4) is 0 Å². The third kappa shape index (κ3) is 3.19. The minimum Gasteiger partial charge on any atom is -0.345 e. The lowest BCUT2D eigenvalue weighted by atomic mass is 9.93. The second kappa shape index (κ2) is 6.43. The van der Waals surface area contributed by atoms with Gasteiger partial charge in [-0.2, -0.15) is 13.2 Å². The number of carbonyl (C=O) groups excluding carboxylic acids is 1. The molecule has 3 aromatic rings. The summed E-state index contributed by atoms with van der Waals surface area (Å²) in [6.07, 6.45) is 1.62. The molecule has 2 amide bonds. The zero-order valence-electron chi connectivity index (χ0n) is 14.6. The molecule has 3 aromatic heterocycles. The third-order valence-corrected chi connectivity index (χ3v) is 5.11. The van der Waals surface area contributed by atoms with Crippen LogP contribution < -0.4 is 5.32 Å². The van der Waals surface area contributed by atoms with Crippen LogP contribution in [0.4, 0.5) is 18.0 Å². The number of fused-ring (bicyclic) bond motifs is 3. The summed E-state index contributed by atoms with van der Waals surface area (Å²) in [7, 11) is 0. The molecular formula is C17H19F3N6O. The molecule has 7 nitrogen and oxygen atoms in total. The van der Waals surface area contributed by atoms with E-state index in [0.29, 0.717) is 13.1 Å². The number of amides is 2. The van der Waals surface area contributed by atoms with Gasteiger partial charge in [-0.3, -0.25) is 4.40 Å². The van der Waals surface area contributed by atoms with Gasteiger partial charge < -0.3 is 15.2 Å². The van der Waals surface area contributed by atoms with Gasteiger partial charge in [-0.15, -0.1) is 0 Å². The Morgan fingerprint density at radius 3 is 2.85 bits per heavy atom. The van der Waals surface area contributed by atoms with Crippen LogP contribution >= 0.6 is 0 Å². The number of likely N-dealkylation sites (tertiary alicyclic amines) is 1. The van der Waals surface area contributed by atoms with E-state index in [1.807, 2.05) is 22.7 Å². The minimum atomic E-state index is -4.43. The van der Waals surface area contributed by atoms with Gasteiger partial charge in [0.25, 0.3) is 0 Å². The van der Waals surface area contributed by atoms with E-state index >= 15 is 0 Å². The average molecular weight is 380 g/mol. The van der Waals surface area contributed by atoms with E-state index in [4.69, 9.17) is 0 Å². The van der Waals surface area contributed by atoms with Gasteiger partial charge >= 0.3 is 12.2 Å². The predicted octanol–water partition coefficient (Wildman–Crippen LogP) is 2.91. The molecule has 4 heterocycles. The Morgan fingerprint density at radius 2 is 2.11 bits per heavy atom. The maximum Gasteiger partial charge on any atom is 0.405 e. The number of rotatable bonds is 3. The SMILES string of the molecule is CC[C@H]1CN(C(=O)NCC(F)(F)F)C[C@@H]1c1ncc2cnc3[nH]ccc3n12. The van der Waals surface area contributed by atoms with E-state index in [9.17, 15) is 18.0 Å². The van der Waals surface area contributed by atoms with E-state index in [2.05, 4.69) is 15.0 Å². The van der Waals surface area contributed by atoms with Crippen LogP contribution in [0.1, 0.15) is 25.1 Å². The number of hydrogen-bond donors (Lipinski definition) is 2. The molecule has 0 saturated carbocycles. The van der Waals surface area contributed by atoms with Crippen LogP contribution in [0.15, 0.2) is 24.7 Å². The van der Waals surface area contributed by atoms with Crippen LogP contribution in [0.2, 0.25) is 0 Å². The molecule has 1 aliphatic heterocycles. The fourth-order valence-electron chi connectivity index (χ4n) is 3.79. The van der Waals surface area contributed by atoms with Crippen molar-refractivity contribution in [1.82, 2.24) is 29.6 Å². The highest BCUT2D eigenvalue weighted by molar-refractivity contribution is 5.76. The average Bonchev–Trinajstić information content (AvgIpc) is 3.33. The first-order valence-electron chi connectivity index (χ1n) is 8.76. The van der Waals surface area contributed by atoms with E-state index in [1.165, 1.54) is 4.90 Å². The van der Waals surface area contributed by atoms with Gasteiger partial charge in [0.15, 0.2) is 5.65 Å². The van der Waals surface area contributed by atoms with Crippen LogP contribution in [-0.4, -0.2) is 56.1 Å². The van der Waals surface area contributed by atoms with Crippen molar-refractivity contribution in [3.05, 3.63) is 30.5 Å². The summed E-state index contributed by atoms with van der Waals surface area (Å²) < 4.78 is 39.2. The quantitative estimate of drug-likeness (QED) is 0.733. The van der Waals surface area contributed by atoms with Gasteiger partial charge in [-0.1, -0.05) is 13.3 Å². The number of imidazole rings is 1. The lowest BCUT2D eigenvalue weighted by Gasteiger charge is -2.18. The largest absolute Gasteiger partial charge is 0.405 e. The summed E-state index contributed by atoms with van der Waals surface area (Å²) >= 11 is 0. The fourth-order valence-corrected chi connectivity index (χ4v) is 3.79. The van der Waals surface area contributed by atoms with Crippen molar-refractivity contribution >= 4 is 22.7 Å². The Balaban J connectivity index is 1.63. The van der Waals surface area contributed by atoms with Gasteiger partial charge in [0.05, 0.1) is 23.4 Å². The second-order valence-electron chi connectivity index (χ2n) is 6.80. The molecule has 2 N–H and O–H groups in total. The summed E-state index contributed by atoms with van der Waals surface area (Å²) in [5, 5.41) is 1.96. The Bertz CT molecular complexity index is 978. The highest BCUT2D eigenvalue weighted by atomic mass is 19.4. The first-order valence-corrected chi connectivity index (χ1v) is 8.76. The highest BCUT2D eigenvalue weighted by Crippen LogP contribution is 2.35. The summed E-state index contributed by atoms with van der Waals surface area (Å²) in [5.74, 6) is 0.860. The monoisotopic (exact) mass is 380 g/mol. The maximum atomic E-state index is 12.4. The van der Waals surface area contributed by atoms with Crippen LogP contribution in [0, 0.1) is 5.92 Å². The van der Waals surface area contributed by atoms with Crippen molar-refractivity contribution in [2.24, 2.45) is 5.92 Å². The third-order valence-electron chi connectivity index (χ3n) is 5.11. The molecule has 1 saturated heterocycles. The lowest BCUT2D eigenvalue weighted by Crippen LogP contribution is -2.42. The number of halogens is 3. The molecule has 2 atom stereocenters. The molecule has 27 heavy (non-hydrogen) atoms. The van der Waals surface area contributed by atoms with Crippen molar-refractivity contribution in [3.63, 3.8) is 0 Å². The summed E-state index contributed by atoms with van der Waals surface area (Å²) in [4.78, 5) is 25.6. The molecule has 0 aliphatic carbocycles. The second-order valence-corrected chi connectivity index (χ2v) is 6.80. The van der Waals surface area contributed by atoms with Crippen LogP contribution in [0.25, 0.3) is 16.7 Å². The number of urea groups is 1. The van der Waals surface area contributed by atoms with Gasteiger partial charge in [-0.25, -0.2) is 14.8 Å². The highest BCUT2D eigenvalue weighted by Gasteiger charge is 2.38. The van der Waals surface area contributed by atoms with E-state index in [0.717, 1.165) is 28.9 Å². The number of nitrogens with one attached hydrogen (secondary N) is 2. The molecule has 4 rings (SSSR count). The molecule has 1 aliphatic rings. The maximum absolute atomic E-state index is 12.4. The molecule has 0 aromatic carbocycles. The van der Waals surface area contributed by atoms with Gasteiger partial charge in [0.2, 0.25) is 0 Å². The van der Waals surface area contributed by atoms with Crippen molar-refractivity contribution in [1.29, 1.82) is 0 Å².